The maximum absolute atomic E-state index is 13.0. The number of carbonyl (C=O) groups excluding carboxylic acids is 1. The van der Waals surface area contributed by atoms with Gasteiger partial charge in [-0.15, -0.1) is 0 Å². The molecular weight excluding hydrogens is 390 g/mol. The van der Waals surface area contributed by atoms with Crippen LogP contribution in [0.1, 0.15) is 48.9 Å². The second kappa shape index (κ2) is 8.62. The Morgan fingerprint density at radius 1 is 1.03 bits per heavy atom. The molecule has 2 aromatic rings. The SMILES string of the molecule is O=C(N[C@H]1CS(=O)(=O)C[C@H]1NC1CCCCCC1)c1ccccc1-c1ncn[nH]1. The van der Waals surface area contributed by atoms with Crippen molar-refractivity contribution in [3.63, 3.8) is 0 Å². The predicted molar refractivity (Wildman–Crippen MR) is 110 cm³/mol. The minimum Gasteiger partial charge on any atom is -0.347 e. The van der Waals surface area contributed by atoms with Crippen molar-refractivity contribution >= 4 is 15.7 Å². The maximum atomic E-state index is 13.0. The molecule has 1 aliphatic carbocycles. The number of nitrogens with zero attached hydrogens (tertiary/aromatic N) is 2. The Morgan fingerprint density at radius 2 is 1.76 bits per heavy atom. The van der Waals surface area contributed by atoms with E-state index in [1.165, 1.54) is 32.0 Å². The van der Waals surface area contributed by atoms with Crippen LogP contribution >= 0.6 is 0 Å². The van der Waals surface area contributed by atoms with Crippen molar-refractivity contribution in [3.05, 3.63) is 36.2 Å². The number of H-pyrrole nitrogens is 1. The highest BCUT2D eigenvalue weighted by molar-refractivity contribution is 7.91. The number of hydrogen-bond donors (Lipinski definition) is 3. The molecule has 0 radical (unpaired) electrons. The summed E-state index contributed by atoms with van der Waals surface area (Å²) in [6, 6.07) is 6.72. The largest absolute Gasteiger partial charge is 0.347 e. The fourth-order valence-electron chi connectivity index (χ4n) is 4.37. The first kappa shape index (κ1) is 20.0. The smallest absolute Gasteiger partial charge is 0.252 e. The molecule has 1 aliphatic heterocycles. The Bertz CT molecular complexity index is 937. The zero-order valence-corrected chi connectivity index (χ0v) is 17.1. The summed E-state index contributed by atoms with van der Waals surface area (Å²) >= 11 is 0. The van der Waals surface area contributed by atoms with E-state index in [1.807, 2.05) is 6.07 Å². The number of hydrogen-bond acceptors (Lipinski definition) is 6. The molecule has 2 heterocycles. The Kier molecular flexibility index (Phi) is 5.96. The van der Waals surface area contributed by atoms with E-state index in [9.17, 15) is 13.2 Å². The molecule has 0 bridgehead atoms. The molecule has 29 heavy (non-hydrogen) atoms. The Balaban J connectivity index is 1.50. The molecule has 4 rings (SSSR count). The van der Waals surface area contributed by atoms with Gasteiger partial charge >= 0.3 is 0 Å². The van der Waals surface area contributed by atoms with E-state index in [2.05, 4.69) is 25.8 Å². The van der Waals surface area contributed by atoms with Gasteiger partial charge in [0, 0.05) is 17.6 Å². The number of aromatic amines is 1. The summed E-state index contributed by atoms with van der Waals surface area (Å²) in [6.45, 7) is 0. The van der Waals surface area contributed by atoms with E-state index in [4.69, 9.17) is 0 Å². The zero-order valence-electron chi connectivity index (χ0n) is 16.3. The number of sulfone groups is 1. The summed E-state index contributed by atoms with van der Waals surface area (Å²) < 4.78 is 24.6. The van der Waals surface area contributed by atoms with Gasteiger partial charge in [-0.2, -0.15) is 5.10 Å². The van der Waals surface area contributed by atoms with Crippen molar-refractivity contribution < 1.29 is 13.2 Å². The average molecular weight is 418 g/mol. The summed E-state index contributed by atoms with van der Waals surface area (Å²) in [6.07, 6.45) is 8.31. The molecule has 8 nitrogen and oxygen atoms in total. The third-order valence-electron chi connectivity index (χ3n) is 5.82. The Hall–Kier alpha value is -2.26. The van der Waals surface area contributed by atoms with Crippen molar-refractivity contribution in [2.75, 3.05) is 11.5 Å². The van der Waals surface area contributed by atoms with Crippen LogP contribution in [0.25, 0.3) is 11.4 Å². The van der Waals surface area contributed by atoms with Crippen molar-refractivity contribution in [2.45, 2.75) is 56.7 Å². The van der Waals surface area contributed by atoms with Crippen LogP contribution in [-0.4, -0.2) is 59.1 Å². The van der Waals surface area contributed by atoms with Crippen molar-refractivity contribution in [1.82, 2.24) is 25.8 Å². The minimum atomic E-state index is -3.19. The Labute approximate surface area is 170 Å². The topological polar surface area (TPSA) is 117 Å². The molecule has 0 spiro atoms. The van der Waals surface area contributed by atoms with Gasteiger partial charge in [-0.1, -0.05) is 43.9 Å². The predicted octanol–water partition coefficient (Wildman–Crippen LogP) is 1.68. The third kappa shape index (κ3) is 4.84. The van der Waals surface area contributed by atoms with Crippen molar-refractivity contribution in [2.24, 2.45) is 0 Å². The van der Waals surface area contributed by atoms with Gasteiger partial charge in [-0.25, -0.2) is 13.4 Å². The van der Waals surface area contributed by atoms with Crippen LogP contribution in [0, 0.1) is 0 Å². The number of nitrogens with one attached hydrogen (secondary N) is 3. The number of rotatable bonds is 5. The number of aromatic nitrogens is 3. The van der Waals surface area contributed by atoms with Crippen molar-refractivity contribution in [1.29, 1.82) is 0 Å². The highest BCUT2D eigenvalue weighted by Gasteiger charge is 2.39. The average Bonchev–Trinajstić information content (AvgIpc) is 3.23. The second-order valence-electron chi connectivity index (χ2n) is 8.00. The lowest BCUT2D eigenvalue weighted by molar-refractivity contribution is 0.0934. The lowest BCUT2D eigenvalue weighted by Gasteiger charge is -2.26. The number of amides is 1. The summed E-state index contributed by atoms with van der Waals surface area (Å²) in [5.74, 6) is 0.237. The van der Waals surface area contributed by atoms with E-state index < -0.39 is 15.9 Å². The fraction of sp³-hybridized carbons (Fsp3) is 0.550. The first-order chi connectivity index (χ1) is 14.0. The highest BCUT2D eigenvalue weighted by atomic mass is 32.2. The summed E-state index contributed by atoms with van der Waals surface area (Å²) in [5, 5.41) is 13.1. The van der Waals surface area contributed by atoms with Crippen LogP contribution < -0.4 is 10.6 Å². The molecule has 9 heteroatoms. The molecular formula is C20H27N5O3S. The van der Waals surface area contributed by atoms with E-state index in [1.54, 1.807) is 18.2 Å². The van der Waals surface area contributed by atoms with Gasteiger partial charge in [0.25, 0.3) is 5.91 Å². The third-order valence-corrected chi connectivity index (χ3v) is 7.55. The zero-order chi connectivity index (χ0) is 20.3. The monoisotopic (exact) mass is 417 g/mol. The number of carbonyl (C=O) groups is 1. The number of benzene rings is 1. The molecule has 1 saturated heterocycles. The quantitative estimate of drug-likeness (QED) is 0.637. The molecule has 2 atom stereocenters. The highest BCUT2D eigenvalue weighted by Crippen LogP contribution is 2.23. The maximum Gasteiger partial charge on any atom is 0.252 e. The van der Waals surface area contributed by atoms with Crippen LogP contribution in [0.2, 0.25) is 0 Å². The van der Waals surface area contributed by atoms with Crippen LogP contribution in [0.3, 0.4) is 0 Å². The van der Waals surface area contributed by atoms with E-state index in [-0.39, 0.29) is 23.5 Å². The van der Waals surface area contributed by atoms with Gasteiger partial charge in [0.15, 0.2) is 15.7 Å². The van der Waals surface area contributed by atoms with Gasteiger partial charge in [0.05, 0.1) is 23.1 Å². The molecule has 156 valence electrons. The second-order valence-corrected chi connectivity index (χ2v) is 10.2. The first-order valence-electron chi connectivity index (χ1n) is 10.2. The molecule has 1 aromatic heterocycles. The van der Waals surface area contributed by atoms with Crippen LogP contribution in [-0.2, 0) is 9.84 Å². The first-order valence-corrected chi connectivity index (χ1v) is 12.1. The molecule has 1 amide bonds. The van der Waals surface area contributed by atoms with Gasteiger partial charge in [-0.3, -0.25) is 9.89 Å². The summed E-state index contributed by atoms with van der Waals surface area (Å²) in [4.78, 5) is 17.2. The lowest BCUT2D eigenvalue weighted by atomic mass is 10.0. The lowest BCUT2D eigenvalue weighted by Crippen LogP contribution is -2.52. The normalized spacial score (nSPS) is 24.8. The van der Waals surface area contributed by atoms with Gasteiger partial charge in [0.2, 0.25) is 0 Å². The van der Waals surface area contributed by atoms with E-state index in [0.717, 1.165) is 12.8 Å². The van der Waals surface area contributed by atoms with E-state index >= 15 is 0 Å². The van der Waals surface area contributed by atoms with Gasteiger partial charge in [0.1, 0.15) is 6.33 Å². The Morgan fingerprint density at radius 3 is 2.48 bits per heavy atom. The summed E-state index contributed by atoms with van der Waals surface area (Å²) in [7, 11) is -3.19. The minimum absolute atomic E-state index is 0.0341. The molecule has 1 aromatic carbocycles. The molecule has 2 aliphatic rings. The molecule has 0 unspecified atom stereocenters. The van der Waals surface area contributed by atoms with Gasteiger partial charge < -0.3 is 10.6 Å². The van der Waals surface area contributed by atoms with Crippen molar-refractivity contribution in [3.8, 4) is 11.4 Å². The fourth-order valence-corrected chi connectivity index (χ4v) is 6.25. The van der Waals surface area contributed by atoms with Crippen LogP contribution in [0.5, 0.6) is 0 Å². The standard InChI is InChI=1S/C20H27N5O3S/c26-20(16-10-6-5-9-15(16)19-21-13-22-25-19)24-18-12-29(27,28)11-17(18)23-14-7-3-1-2-4-8-14/h5-6,9-10,13-14,17-18,23H,1-4,7-8,11-12H2,(H,24,26)(H,21,22,25)/t17-,18+/m1/s1. The van der Waals surface area contributed by atoms with E-state index in [0.29, 0.717) is 23.0 Å². The molecule has 3 N–H and O–H groups in total. The van der Waals surface area contributed by atoms with Crippen LogP contribution in [0.15, 0.2) is 30.6 Å². The van der Waals surface area contributed by atoms with Gasteiger partial charge in [-0.05, 0) is 18.9 Å². The van der Waals surface area contributed by atoms with Crippen LogP contribution in [0.4, 0.5) is 0 Å². The molecule has 2 fully saturated rings. The molecule has 1 saturated carbocycles. The summed E-state index contributed by atoms with van der Waals surface area (Å²) in [5.41, 5.74) is 1.08.